The van der Waals surface area contributed by atoms with Gasteiger partial charge >= 0.3 is 0 Å². The summed E-state index contributed by atoms with van der Waals surface area (Å²) in [4.78, 5) is 58.5. The lowest BCUT2D eigenvalue weighted by Gasteiger charge is -2.38. The van der Waals surface area contributed by atoms with Crippen LogP contribution in [0.15, 0.2) is 30.3 Å². The van der Waals surface area contributed by atoms with Crippen molar-refractivity contribution in [1.82, 2.24) is 36.2 Å². The fourth-order valence-electron chi connectivity index (χ4n) is 9.96. The first-order valence-electron chi connectivity index (χ1n) is 20.9. The molecule has 4 N–H and O–H groups in total. The molecule has 2 aromatic rings. The van der Waals surface area contributed by atoms with E-state index in [-0.39, 0.29) is 41.8 Å². The van der Waals surface area contributed by atoms with E-state index in [1.54, 1.807) is 18.2 Å². The van der Waals surface area contributed by atoms with Gasteiger partial charge in [0.1, 0.15) is 30.4 Å². The van der Waals surface area contributed by atoms with Crippen LogP contribution in [0.25, 0.3) is 0 Å². The lowest BCUT2D eigenvalue weighted by Crippen LogP contribution is -2.55. The van der Waals surface area contributed by atoms with E-state index in [4.69, 9.17) is 26.3 Å². The molecule has 8 rings (SSSR count). The summed E-state index contributed by atoms with van der Waals surface area (Å²) in [6.07, 6.45) is 7.78. The van der Waals surface area contributed by atoms with E-state index in [0.717, 1.165) is 95.1 Å². The first kappa shape index (κ1) is 41.5. The fraction of sp³-hybridized carbons (Fsp3) is 0.595. The van der Waals surface area contributed by atoms with Crippen LogP contribution in [0.1, 0.15) is 90.5 Å². The number of amides is 4. The Hall–Kier alpha value is -4.21. The molecule has 316 valence electrons. The van der Waals surface area contributed by atoms with Gasteiger partial charge in [0.05, 0.1) is 33.5 Å². The SMILES string of the molecule is CNNC(OCNC1CCC(Oc2ccc(C#N)c(Cl)c2)CC1)N1CCC(CN2CCC3(CCN(c4cc5c(cc4F)C(=O)N(C4CCC(=O)NC4=O)C5=O)C3)C2)CC1. The van der Waals surface area contributed by atoms with Crippen molar-refractivity contribution in [3.05, 3.63) is 57.9 Å². The average molecular weight is 834 g/mol. The molecule has 1 saturated carbocycles. The Balaban J connectivity index is 0.768. The summed E-state index contributed by atoms with van der Waals surface area (Å²) in [5.74, 6) is -1.76. The number of nitrogens with zero attached hydrogens (tertiary/aromatic N) is 5. The van der Waals surface area contributed by atoms with E-state index in [1.165, 1.54) is 6.07 Å². The van der Waals surface area contributed by atoms with Gasteiger partial charge in [-0.25, -0.2) is 9.82 Å². The summed E-state index contributed by atoms with van der Waals surface area (Å²) in [5, 5.41) is 15.3. The summed E-state index contributed by atoms with van der Waals surface area (Å²) < 4.78 is 28.1. The number of carbonyl (C=O) groups is 4. The van der Waals surface area contributed by atoms with Gasteiger partial charge in [0, 0.05) is 63.2 Å². The maximum atomic E-state index is 15.7. The summed E-state index contributed by atoms with van der Waals surface area (Å²) in [5.41, 5.74) is 7.17. The lowest BCUT2D eigenvalue weighted by molar-refractivity contribution is -0.136. The van der Waals surface area contributed by atoms with E-state index in [0.29, 0.717) is 53.8 Å². The quantitative estimate of drug-likeness (QED) is 0.132. The van der Waals surface area contributed by atoms with Crippen molar-refractivity contribution in [3.8, 4) is 11.8 Å². The van der Waals surface area contributed by atoms with Crippen molar-refractivity contribution in [3.63, 3.8) is 0 Å². The number of hydrogen-bond donors (Lipinski definition) is 4. The van der Waals surface area contributed by atoms with Crippen LogP contribution < -0.4 is 31.1 Å². The monoisotopic (exact) mass is 833 g/mol. The predicted molar refractivity (Wildman–Crippen MR) is 216 cm³/mol. The zero-order valence-corrected chi connectivity index (χ0v) is 34.2. The molecule has 59 heavy (non-hydrogen) atoms. The van der Waals surface area contributed by atoms with Crippen LogP contribution in [-0.4, -0.2) is 122 Å². The Morgan fingerprint density at radius 2 is 1.71 bits per heavy atom. The maximum absolute atomic E-state index is 15.7. The van der Waals surface area contributed by atoms with Crippen LogP contribution in [0.2, 0.25) is 5.02 Å². The number of carbonyl (C=O) groups excluding carboxylic acids is 4. The highest BCUT2D eigenvalue weighted by atomic mass is 35.5. The number of benzene rings is 2. The van der Waals surface area contributed by atoms with E-state index >= 15 is 4.39 Å². The molecule has 0 bridgehead atoms. The van der Waals surface area contributed by atoms with Gasteiger partial charge in [-0.05, 0) is 102 Å². The second kappa shape index (κ2) is 17.8. The number of halogens is 2. The minimum Gasteiger partial charge on any atom is -0.490 e. The van der Waals surface area contributed by atoms with Crippen molar-refractivity contribution in [1.29, 1.82) is 5.26 Å². The van der Waals surface area contributed by atoms with Crippen LogP contribution in [0, 0.1) is 28.5 Å². The number of anilines is 1. The standard InChI is InChI=1S/C42H53ClFN9O6/c1-46-49-41(58-25-47-28-3-6-29(7-4-28)59-30-5-2-27(21-45)33(43)18-30)51-14-10-26(11-15-51)22-50-16-12-42(23-50)13-17-52(24-42)36-20-32-31(19-34(36)44)39(56)53(40(32)57)35-8-9-37(54)48-38(35)55/h2,5,18-20,26,28-29,35,41,46-47,49H,3-4,6-17,22-25H2,1H3,(H,48,54,55). The molecule has 2 aromatic carbocycles. The third kappa shape index (κ3) is 8.97. The minimum absolute atomic E-state index is 0.0264. The number of nitriles is 1. The molecular formula is C42H53ClFN9O6. The topological polar surface area (TPSA) is 172 Å². The first-order valence-corrected chi connectivity index (χ1v) is 21.3. The second-order valence-electron chi connectivity index (χ2n) is 17.0. The molecule has 1 aliphatic carbocycles. The predicted octanol–water partition coefficient (Wildman–Crippen LogP) is 3.33. The molecule has 17 heteroatoms. The third-order valence-electron chi connectivity index (χ3n) is 13.2. The average Bonchev–Trinajstić information content (AvgIpc) is 3.90. The number of nitrogens with one attached hydrogen (secondary N) is 4. The Morgan fingerprint density at radius 3 is 2.42 bits per heavy atom. The van der Waals surface area contributed by atoms with Gasteiger partial charge in [0.25, 0.3) is 11.8 Å². The summed E-state index contributed by atoms with van der Waals surface area (Å²) in [6, 6.07) is 9.15. The Bertz CT molecular complexity index is 1990. The molecule has 5 aliphatic heterocycles. The number of hydrazine groups is 1. The molecule has 6 aliphatic rings. The van der Waals surface area contributed by atoms with Crippen molar-refractivity contribution in [2.75, 3.05) is 64.5 Å². The van der Waals surface area contributed by atoms with Gasteiger partial charge in [-0.2, -0.15) is 5.26 Å². The van der Waals surface area contributed by atoms with Crippen LogP contribution >= 0.6 is 11.6 Å². The molecule has 3 unspecified atom stereocenters. The molecule has 5 heterocycles. The molecular weight excluding hydrogens is 781 g/mol. The van der Waals surface area contributed by atoms with Crippen molar-refractivity contribution < 1.29 is 33.0 Å². The minimum atomic E-state index is -1.09. The van der Waals surface area contributed by atoms with Crippen LogP contribution in [-0.2, 0) is 14.3 Å². The highest BCUT2D eigenvalue weighted by Crippen LogP contribution is 2.43. The Labute approximate surface area is 348 Å². The molecule has 5 fully saturated rings. The number of likely N-dealkylation sites (tertiary alicyclic amines) is 2. The van der Waals surface area contributed by atoms with E-state index in [9.17, 15) is 19.2 Å². The molecule has 4 saturated heterocycles. The Morgan fingerprint density at radius 1 is 0.966 bits per heavy atom. The highest BCUT2D eigenvalue weighted by molar-refractivity contribution is 6.31. The largest absolute Gasteiger partial charge is 0.490 e. The molecule has 0 aromatic heterocycles. The molecule has 0 radical (unpaired) electrons. The normalized spacial score (nSPS) is 27.4. The number of imide groups is 2. The fourth-order valence-corrected chi connectivity index (χ4v) is 10.2. The van der Waals surface area contributed by atoms with Gasteiger partial charge in [-0.1, -0.05) is 11.6 Å². The Kier molecular flexibility index (Phi) is 12.5. The number of hydrogen-bond acceptors (Lipinski definition) is 13. The van der Waals surface area contributed by atoms with Crippen molar-refractivity contribution in [2.24, 2.45) is 11.3 Å². The first-order chi connectivity index (χ1) is 28.5. The summed E-state index contributed by atoms with van der Waals surface area (Å²) in [7, 11) is 1.85. The van der Waals surface area contributed by atoms with E-state index in [2.05, 4.69) is 37.4 Å². The lowest BCUT2D eigenvalue weighted by atomic mass is 9.86. The van der Waals surface area contributed by atoms with Crippen LogP contribution in [0.4, 0.5) is 10.1 Å². The number of piperidine rings is 2. The van der Waals surface area contributed by atoms with Crippen molar-refractivity contribution >= 4 is 40.9 Å². The zero-order valence-electron chi connectivity index (χ0n) is 33.4. The summed E-state index contributed by atoms with van der Waals surface area (Å²) in [6.45, 7) is 6.53. The molecule has 4 amide bonds. The third-order valence-corrected chi connectivity index (χ3v) is 13.5. The maximum Gasteiger partial charge on any atom is 0.262 e. The van der Waals surface area contributed by atoms with Gasteiger partial charge in [0.15, 0.2) is 6.35 Å². The van der Waals surface area contributed by atoms with Crippen LogP contribution in [0.3, 0.4) is 0 Å². The van der Waals surface area contributed by atoms with Gasteiger partial charge in [0.2, 0.25) is 11.8 Å². The molecule has 15 nitrogen and oxygen atoms in total. The second-order valence-corrected chi connectivity index (χ2v) is 17.4. The molecule has 1 spiro atoms. The highest BCUT2D eigenvalue weighted by Gasteiger charge is 2.47. The van der Waals surface area contributed by atoms with Crippen LogP contribution in [0.5, 0.6) is 5.75 Å². The smallest absolute Gasteiger partial charge is 0.262 e. The van der Waals surface area contributed by atoms with Gasteiger partial charge in [-0.15, -0.1) is 0 Å². The van der Waals surface area contributed by atoms with Gasteiger partial charge in [-0.3, -0.25) is 45.0 Å². The van der Waals surface area contributed by atoms with Crippen molar-refractivity contribution in [2.45, 2.75) is 88.7 Å². The summed E-state index contributed by atoms with van der Waals surface area (Å²) >= 11 is 6.18. The number of rotatable bonds is 13. The number of fused-ring (bicyclic) bond motifs is 1. The van der Waals surface area contributed by atoms with E-state index in [1.807, 2.05) is 11.9 Å². The zero-order chi connectivity index (χ0) is 41.3. The molecule has 3 atom stereocenters. The van der Waals surface area contributed by atoms with Gasteiger partial charge < -0.3 is 19.3 Å². The number of ether oxygens (including phenoxy) is 2. The van der Waals surface area contributed by atoms with E-state index < -0.39 is 35.5 Å².